The van der Waals surface area contributed by atoms with Crippen molar-refractivity contribution in [3.63, 3.8) is 0 Å². The minimum atomic E-state index is -4.53. The van der Waals surface area contributed by atoms with E-state index in [0.717, 1.165) is 17.3 Å². The molecule has 1 aromatic heterocycles. The first-order valence-electron chi connectivity index (χ1n) is 6.99. The first kappa shape index (κ1) is 18.8. The van der Waals surface area contributed by atoms with E-state index >= 15 is 0 Å². The fourth-order valence-corrected chi connectivity index (χ4v) is 2.20. The van der Waals surface area contributed by atoms with Crippen LogP contribution in [0.5, 0.6) is 0 Å². The molecule has 0 aliphatic carbocycles. The maximum atomic E-state index is 14.7. The summed E-state index contributed by atoms with van der Waals surface area (Å²) in [4.78, 5) is 15.3. The second-order valence-electron chi connectivity index (χ2n) is 5.13. The third-order valence-corrected chi connectivity index (χ3v) is 3.44. The van der Waals surface area contributed by atoms with Gasteiger partial charge < -0.3 is 15.5 Å². The number of halogens is 4. The van der Waals surface area contributed by atoms with Crippen molar-refractivity contribution in [2.24, 2.45) is 0 Å². The summed E-state index contributed by atoms with van der Waals surface area (Å²) >= 11 is 0. The molecule has 1 heterocycles. The van der Waals surface area contributed by atoms with Crippen molar-refractivity contribution in [1.29, 1.82) is 0 Å². The van der Waals surface area contributed by atoms with Crippen molar-refractivity contribution in [1.82, 2.24) is 20.1 Å². The maximum absolute atomic E-state index is 14.7. The molecule has 0 fully saturated rings. The van der Waals surface area contributed by atoms with Gasteiger partial charge in [-0.1, -0.05) is 0 Å². The summed E-state index contributed by atoms with van der Waals surface area (Å²) in [6, 6.07) is 1.60. The van der Waals surface area contributed by atoms with Crippen LogP contribution in [0.15, 0.2) is 30.9 Å². The predicted molar refractivity (Wildman–Crippen MR) is 75.3 cm³/mol. The van der Waals surface area contributed by atoms with Crippen LogP contribution in [0.1, 0.15) is 5.56 Å². The molecule has 0 spiro atoms. The molecule has 136 valence electrons. The Kier molecular flexibility index (Phi) is 5.38. The molecule has 1 atom stereocenters. The van der Waals surface area contributed by atoms with E-state index in [9.17, 15) is 27.5 Å². The van der Waals surface area contributed by atoms with Crippen LogP contribution in [0, 0.1) is 11.6 Å². The minimum Gasteiger partial charge on any atom is -0.395 e. The number of aliphatic hydroxyl groups excluding tert-OH is 1. The topological polar surface area (TPSA) is 100 Å². The fourth-order valence-electron chi connectivity index (χ4n) is 2.20. The van der Waals surface area contributed by atoms with Gasteiger partial charge in [0.25, 0.3) is 5.91 Å². The average Bonchev–Trinajstić information content (AvgIpc) is 3.04. The van der Waals surface area contributed by atoms with Gasteiger partial charge in [0.05, 0.1) is 13.2 Å². The maximum Gasteiger partial charge on any atom is 0.358 e. The van der Waals surface area contributed by atoms with Crippen LogP contribution in [0.3, 0.4) is 0 Å². The lowest BCUT2D eigenvalue weighted by molar-refractivity contribution is -0.203. The Bertz CT molecular complexity index is 742. The lowest BCUT2D eigenvalue weighted by Crippen LogP contribution is -2.57. The molecule has 3 N–H and O–H groups in total. The Morgan fingerprint density at radius 1 is 1.32 bits per heavy atom. The molecule has 11 heteroatoms. The molecular weight excluding hydrogens is 348 g/mol. The third-order valence-electron chi connectivity index (χ3n) is 3.44. The van der Waals surface area contributed by atoms with E-state index in [1.165, 1.54) is 0 Å². The standard InChI is InChI=1S/C14H14F4N4O3/c15-9-1-2-10(11(16)5-9)13(25,6-22-8-19-7-21-22)14(17,18)12(24)20-3-4-23/h1-2,5,7-8,23,25H,3-4,6H2,(H,20,24). The van der Waals surface area contributed by atoms with Gasteiger partial charge in [-0.2, -0.15) is 13.9 Å². The van der Waals surface area contributed by atoms with Crippen molar-refractivity contribution in [3.8, 4) is 0 Å². The lowest BCUT2D eigenvalue weighted by Gasteiger charge is -2.35. The van der Waals surface area contributed by atoms with Crippen LogP contribution in [-0.4, -0.2) is 50.0 Å². The van der Waals surface area contributed by atoms with Gasteiger partial charge in [0.1, 0.15) is 24.3 Å². The summed E-state index contributed by atoms with van der Waals surface area (Å²) in [5.74, 6) is -8.98. The number of amides is 1. The van der Waals surface area contributed by atoms with Gasteiger partial charge >= 0.3 is 5.92 Å². The number of carbonyl (C=O) groups is 1. The van der Waals surface area contributed by atoms with E-state index in [1.54, 1.807) is 5.32 Å². The number of aliphatic hydroxyl groups is 2. The van der Waals surface area contributed by atoms with E-state index in [4.69, 9.17) is 5.11 Å². The van der Waals surface area contributed by atoms with Crippen molar-refractivity contribution in [2.75, 3.05) is 13.2 Å². The summed E-state index contributed by atoms with van der Waals surface area (Å²) in [6.45, 7) is -2.15. The molecular formula is C14H14F4N4O3. The molecule has 2 rings (SSSR count). The number of nitrogens with zero attached hydrogens (tertiary/aromatic N) is 3. The Balaban J connectivity index is 2.53. The van der Waals surface area contributed by atoms with Crippen LogP contribution in [0.2, 0.25) is 0 Å². The summed E-state index contributed by atoms with van der Waals surface area (Å²) in [5, 5.41) is 24.5. The number of hydrogen-bond donors (Lipinski definition) is 3. The van der Waals surface area contributed by atoms with E-state index < -0.39 is 54.3 Å². The Morgan fingerprint density at radius 3 is 2.60 bits per heavy atom. The highest BCUT2D eigenvalue weighted by Gasteiger charge is 2.60. The molecule has 25 heavy (non-hydrogen) atoms. The Labute approximate surface area is 138 Å². The van der Waals surface area contributed by atoms with Gasteiger partial charge in [-0.3, -0.25) is 4.79 Å². The molecule has 7 nitrogen and oxygen atoms in total. The van der Waals surface area contributed by atoms with Gasteiger partial charge in [-0.05, 0) is 12.1 Å². The molecule has 1 aromatic carbocycles. The average molecular weight is 362 g/mol. The quantitative estimate of drug-likeness (QED) is 0.611. The largest absolute Gasteiger partial charge is 0.395 e. The first-order chi connectivity index (χ1) is 11.7. The number of aromatic nitrogens is 3. The van der Waals surface area contributed by atoms with Gasteiger partial charge in [0, 0.05) is 18.2 Å². The third kappa shape index (κ3) is 3.61. The molecule has 1 unspecified atom stereocenters. The number of nitrogens with one attached hydrogen (secondary N) is 1. The first-order valence-corrected chi connectivity index (χ1v) is 6.99. The predicted octanol–water partition coefficient (Wildman–Crippen LogP) is 0.188. The van der Waals surface area contributed by atoms with Crippen molar-refractivity contribution < 1.29 is 32.6 Å². The second-order valence-corrected chi connectivity index (χ2v) is 5.13. The number of hydrogen-bond acceptors (Lipinski definition) is 5. The monoisotopic (exact) mass is 362 g/mol. The molecule has 2 aromatic rings. The molecule has 0 aliphatic rings. The highest BCUT2D eigenvalue weighted by atomic mass is 19.3. The normalized spacial score (nSPS) is 14.2. The van der Waals surface area contributed by atoms with Crippen LogP contribution >= 0.6 is 0 Å². The van der Waals surface area contributed by atoms with Gasteiger partial charge in [-0.25, -0.2) is 18.4 Å². The summed E-state index contributed by atoms with van der Waals surface area (Å²) in [7, 11) is 0. The van der Waals surface area contributed by atoms with Crippen molar-refractivity contribution in [2.45, 2.75) is 18.1 Å². The second kappa shape index (κ2) is 7.15. The molecule has 0 saturated carbocycles. The van der Waals surface area contributed by atoms with E-state index in [0.29, 0.717) is 18.2 Å². The van der Waals surface area contributed by atoms with Crippen molar-refractivity contribution >= 4 is 5.91 Å². The molecule has 1 amide bonds. The van der Waals surface area contributed by atoms with Crippen LogP contribution < -0.4 is 5.32 Å². The summed E-state index contributed by atoms with van der Waals surface area (Å²) in [6.07, 6.45) is 1.97. The van der Waals surface area contributed by atoms with E-state index in [-0.39, 0.29) is 0 Å². The zero-order valence-electron chi connectivity index (χ0n) is 12.7. The lowest BCUT2D eigenvalue weighted by atomic mass is 9.86. The SMILES string of the molecule is O=C(NCCO)C(F)(F)C(O)(Cn1cncn1)c1ccc(F)cc1F. The fraction of sp³-hybridized carbons (Fsp3) is 0.357. The summed E-state index contributed by atoms with van der Waals surface area (Å²) < 4.78 is 57.3. The van der Waals surface area contributed by atoms with Crippen LogP contribution in [0.25, 0.3) is 0 Å². The van der Waals surface area contributed by atoms with Gasteiger partial charge in [0.2, 0.25) is 0 Å². The zero-order chi connectivity index (χ0) is 18.7. The number of rotatable bonds is 7. The highest BCUT2D eigenvalue weighted by Crippen LogP contribution is 2.40. The minimum absolute atomic E-state index is 0.309. The number of alkyl halides is 2. The zero-order valence-corrected chi connectivity index (χ0v) is 12.7. The van der Waals surface area contributed by atoms with Gasteiger partial charge in [-0.15, -0.1) is 0 Å². The van der Waals surface area contributed by atoms with Crippen LogP contribution in [0.4, 0.5) is 17.6 Å². The van der Waals surface area contributed by atoms with Gasteiger partial charge in [0.15, 0.2) is 5.60 Å². The molecule has 0 saturated heterocycles. The molecule has 0 radical (unpaired) electrons. The number of benzene rings is 1. The smallest absolute Gasteiger partial charge is 0.358 e. The van der Waals surface area contributed by atoms with E-state index in [1.807, 2.05) is 0 Å². The highest BCUT2D eigenvalue weighted by molar-refractivity contribution is 5.85. The van der Waals surface area contributed by atoms with E-state index in [2.05, 4.69) is 10.1 Å². The Hall–Kier alpha value is -2.53. The van der Waals surface area contributed by atoms with Crippen molar-refractivity contribution in [3.05, 3.63) is 48.1 Å². The van der Waals surface area contributed by atoms with Crippen LogP contribution in [-0.2, 0) is 16.9 Å². The number of carbonyl (C=O) groups excluding carboxylic acids is 1. The molecule has 0 aliphatic heterocycles. The molecule has 0 bridgehead atoms. The summed E-state index contributed by atoms with van der Waals surface area (Å²) in [5.41, 5.74) is -4.38. The Morgan fingerprint density at radius 2 is 2.04 bits per heavy atom.